The molecule has 0 fully saturated rings. The molecule has 2 amide bonds. The molecule has 0 aliphatic rings. The molecule has 3 aromatic rings. The van der Waals surface area contributed by atoms with Gasteiger partial charge in [0, 0.05) is 42.2 Å². The molecular weight excluding hydrogens is 494 g/mol. The molecule has 0 aliphatic heterocycles. The number of benzene rings is 1. The number of hydrogen-bond donors (Lipinski definition) is 2. The maximum Gasteiger partial charge on any atom is 0.277 e. The summed E-state index contributed by atoms with van der Waals surface area (Å²) in [4.78, 5) is 36.2. The Morgan fingerprint density at radius 1 is 1.24 bits per heavy atom. The number of rotatable bonds is 9. The van der Waals surface area contributed by atoms with Gasteiger partial charge in [0.1, 0.15) is 16.5 Å². The fraction of sp³-hybridized carbons (Fsp3) is 0.143. The van der Waals surface area contributed by atoms with Gasteiger partial charge in [0.05, 0.1) is 0 Å². The van der Waals surface area contributed by atoms with E-state index in [-0.39, 0.29) is 23.4 Å². The van der Waals surface area contributed by atoms with Gasteiger partial charge in [0.15, 0.2) is 16.9 Å². The average Bonchev–Trinajstić information content (AvgIpc) is 3.32. The SMILES string of the molecule is C=N/N=C(\N)Sc1ccc(Sc2ccc(OCC(=O)N(C)C)cc2)c(C(=O)Nc2nccs2)n1. The Morgan fingerprint density at radius 2 is 2.00 bits per heavy atom. The van der Waals surface area contributed by atoms with E-state index in [0.29, 0.717) is 20.8 Å². The molecule has 176 valence electrons. The number of thioether (sulfide) groups is 1. The molecule has 0 spiro atoms. The zero-order valence-electron chi connectivity index (χ0n) is 18.3. The number of aromatic nitrogens is 2. The molecule has 3 rings (SSSR count). The largest absolute Gasteiger partial charge is 0.484 e. The summed E-state index contributed by atoms with van der Waals surface area (Å²) >= 11 is 3.73. The number of pyridine rings is 1. The summed E-state index contributed by atoms with van der Waals surface area (Å²) < 4.78 is 5.51. The van der Waals surface area contributed by atoms with Crippen LogP contribution in [0.5, 0.6) is 5.75 Å². The third-order valence-corrected chi connectivity index (χ3v) is 6.46. The van der Waals surface area contributed by atoms with E-state index in [1.807, 2.05) is 12.1 Å². The fourth-order valence-corrected chi connectivity index (χ4v) is 4.38. The van der Waals surface area contributed by atoms with E-state index in [9.17, 15) is 9.59 Å². The number of anilines is 1. The number of nitrogens with one attached hydrogen (secondary N) is 1. The van der Waals surface area contributed by atoms with Gasteiger partial charge in [-0.2, -0.15) is 5.10 Å². The predicted molar refractivity (Wildman–Crippen MR) is 136 cm³/mol. The van der Waals surface area contributed by atoms with E-state index in [2.05, 4.69) is 32.2 Å². The molecule has 2 heterocycles. The van der Waals surface area contributed by atoms with Gasteiger partial charge < -0.3 is 15.4 Å². The van der Waals surface area contributed by atoms with Crippen LogP contribution in [0.3, 0.4) is 0 Å². The minimum Gasteiger partial charge on any atom is -0.484 e. The second-order valence-electron chi connectivity index (χ2n) is 6.62. The van der Waals surface area contributed by atoms with Gasteiger partial charge in [-0.05, 0) is 48.2 Å². The van der Waals surface area contributed by atoms with Crippen LogP contribution in [0, 0.1) is 0 Å². The Kier molecular flexibility index (Phi) is 9.01. The second kappa shape index (κ2) is 12.2. The lowest BCUT2D eigenvalue weighted by molar-refractivity contribution is -0.130. The number of amidine groups is 1. The molecule has 3 N–H and O–H groups in total. The summed E-state index contributed by atoms with van der Waals surface area (Å²) in [7, 11) is 3.34. The maximum atomic E-state index is 13.0. The number of amides is 2. The van der Waals surface area contributed by atoms with E-state index < -0.39 is 5.91 Å². The van der Waals surface area contributed by atoms with Crippen LogP contribution in [0.15, 0.2) is 73.0 Å². The van der Waals surface area contributed by atoms with E-state index >= 15 is 0 Å². The highest BCUT2D eigenvalue weighted by Gasteiger charge is 2.18. The number of thiazole rings is 1. The van der Waals surface area contributed by atoms with Crippen molar-refractivity contribution in [2.75, 3.05) is 26.0 Å². The van der Waals surface area contributed by atoms with Crippen LogP contribution in [0.4, 0.5) is 5.13 Å². The first-order chi connectivity index (χ1) is 16.4. The van der Waals surface area contributed by atoms with Gasteiger partial charge >= 0.3 is 0 Å². The first-order valence-corrected chi connectivity index (χ1v) is 12.2. The summed E-state index contributed by atoms with van der Waals surface area (Å²) in [6.07, 6.45) is 1.60. The summed E-state index contributed by atoms with van der Waals surface area (Å²) in [6, 6.07) is 10.7. The Labute approximate surface area is 208 Å². The summed E-state index contributed by atoms with van der Waals surface area (Å²) in [5, 5.41) is 12.7. The smallest absolute Gasteiger partial charge is 0.277 e. The van der Waals surface area contributed by atoms with Gasteiger partial charge in [-0.3, -0.25) is 14.9 Å². The first kappa shape index (κ1) is 25.2. The van der Waals surface area contributed by atoms with Gasteiger partial charge in [0.25, 0.3) is 11.8 Å². The molecular formula is C21H21N7O3S3. The summed E-state index contributed by atoms with van der Waals surface area (Å²) in [5.41, 5.74) is 5.99. The van der Waals surface area contributed by atoms with Crippen molar-refractivity contribution in [3.05, 3.63) is 53.7 Å². The molecule has 34 heavy (non-hydrogen) atoms. The number of likely N-dealkylation sites (N-methyl/N-ethyl adjacent to an activating group) is 1. The number of hydrogen-bond acceptors (Lipinski definition) is 10. The molecule has 0 saturated carbocycles. The van der Waals surface area contributed by atoms with E-state index in [1.165, 1.54) is 28.0 Å². The fourth-order valence-electron chi connectivity index (χ4n) is 2.37. The van der Waals surface area contributed by atoms with Crippen molar-refractivity contribution >= 4 is 63.7 Å². The Balaban J connectivity index is 1.80. The van der Waals surface area contributed by atoms with E-state index in [0.717, 1.165) is 16.7 Å². The van der Waals surface area contributed by atoms with Crippen molar-refractivity contribution in [2.24, 2.45) is 15.9 Å². The standard InChI is InChI=1S/C21H21N7O3S3/c1-23-27-20(22)34-16-9-8-15(18(25-16)19(30)26-21-24-10-11-32-21)33-14-6-4-13(5-7-14)31-12-17(29)28(2)3/h4-11H,1,12H2,2-3H3,(H2,22,27)(H,24,26,30). The molecule has 13 heteroatoms. The van der Waals surface area contributed by atoms with Crippen molar-refractivity contribution in [2.45, 2.75) is 14.8 Å². The molecule has 0 aliphatic carbocycles. The van der Waals surface area contributed by atoms with Crippen LogP contribution < -0.4 is 15.8 Å². The van der Waals surface area contributed by atoms with Crippen LogP contribution in [0.1, 0.15) is 10.5 Å². The number of ether oxygens (including phenoxy) is 1. The monoisotopic (exact) mass is 515 g/mol. The van der Waals surface area contributed by atoms with Crippen LogP contribution in [-0.2, 0) is 4.79 Å². The Hall–Kier alpha value is -3.42. The highest BCUT2D eigenvalue weighted by Crippen LogP contribution is 2.33. The first-order valence-electron chi connectivity index (χ1n) is 9.65. The maximum absolute atomic E-state index is 13.0. The van der Waals surface area contributed by atoms with Crippen LogP contribution in [-0.4, -0.2) is 59.3 Å². The van der Waals surface area contributed by atoms with Crippen molar-refractivity contribution < 1.29 is 14.3 Å². The summed E-state index contributed by atoms with van der Waals surface area (Å²) in [6.45, 7) is 3.23. The third kappa shape index (κ3) is 7.30. The molecule has 0 saturated heterocycles. The summed E-state index contributed by atoms with van der Waals surface area (Å²) in [5.74, 6) is 0.0316. The highest BCUT2D eigenvalue weighted by molar-refractivity contribution is 8.13. The molecule has 0 radical (unpaired) electrons. The normalized spacial score (nSPS) is 11.1. The Morgan fingerprint density at radius 3 is 2.65 bits per heavy atom. The van der Waals surface area contributed by atoms with Crippen LogP contribution in [0.25, 0.3) is 0 Å². The number of carbonyl (C=O) groups excluding carboxylic acids is 2. The second-order valence-corrected chi connectivity index (χ2v) is 9.67. The zero-order valence-corrected chi connectivity index (χ0v) is 20.7. The van der Waals surface area contributed by atoms with Crippen molar-refractivity contribution in [3.63, 3.8) is 0 Å². The Bertz CT molecular complexity index is 1180. The zero-order chi connectivity index (χ0) is 24.5. The number of nitrogens with zero attached hydrogens (tertiary/aromatic N) is 5. The molecule has 0 unspecified atom stereocenters. The minimum absolute atomic E-state index is 0.0442. The van der Waals surface area contributed by atoms with Crippen molar-refractivity contribution in [1.29, 1.82) is 0 Å². The lowest BCUT2D eigenvalue weighted by Crippen LogP contribution is -2.27. The van der Waals surface area contributed by atoms with E-state index in [1.54, 1.807) is 49.9 Å². The topological polar surface area (TPSA) is 135 Å². The number of carbonyl (C=O) groups is 2. The van der Waals surface area contributed by atoms with Gasteiger partial charge in [-0.1, -0.05) is 11.8 Å². The molecule has 2 aromatic heterocycles. The van der Waals surface area contributed by atoms with E-state index in [4.69, 9.17) is 10.5 Å². The van der Waals surface area contributed by atoms with Crippen LogP contribution >= 0.6 is 34.9 Å². The molecule has 10 nitrogen and oxygen atoms in total. The average molecular weight is 516 g/mol. The van der Waals surface area contributed by atoms with Gasteiger partial charge in [0.2, 0.25) is 0 Å². The lowest BCUT2D eigenvalue weighted by Gasteiger charge is -2.12. The molecule has 1 aromatic carbocycles. The lowest BCUT2D eigenvalue weighted by atomic mass is 10.3. The molecule has 0 atom stereocenters. The predicted octanol–water partition coefficient (Wildman–Crippen LogP) is 3.43. The quantitative estimate of drug-likeness (QED) is 0.192. The highest BCUT2D eigenvalue weighted by atomic mass is 32.2. The van der Waals surface area contributed by atoms with Crippen molar-refractivity contribution in [3.8, 4) is 5.75 Å². The van der Waals surface area contributed by atoms with Gasteiger partial charge in [-0.15, -0.1) is 16.4 Å². The van der Waals surface area contributed by atoms with Crippen LogP contribution in [0.2, 0.25) is 0 Å². The molecule has 0 bridgehead atoms. The van der Waals surface area contributed by atoms with Gasteiger partial charge in [-0.25, -0.2) is 9.97 Å². The number of nitrogens with two attached hydrogens (primary N) is 1. The minimum atomic E-state index is -0.403. The third-order valence-electron chi connectivity index (χ3n) is 3.99. The van der Waals surface area contributed by atoms with Crippen molar-refractivity contribution in [1.82, 2.24) is 14.9 Å².